The number of nitrogens with one attached hydrogen (secondary N) is 1. The van der Waals surface area contributed by atoms with Crippen molar-refractivity contribution in [2.45, 2.75) is 32.9 Å². The molecule has 0 radical (unpaired) electrons. The average Bonchev–Trinajstić information content (AvgIpc) is 1.98. The predicted molar refractivity (Wildman–Crippen MR) is 40.7 cm³/mol. The molecule has 0 saturated carbocycles. The first-order chi connectivity index (χ1) is 4.72. The van der Waals surface area contributed by atoms with Crippen molar-refractivity contribution < 1.29 is 9.57 Å². The summed E-state index contributed by atoms with van der Waals surface area (Å²) in [4.78, 5) is 4.99. The minimum absolute atomic E-state index is 0.187. The Kier molecular flexibility index (Phi) is 5.58. The lowest BCUT2D eigenvalue weighted by Crippen LogP contribution is -2.36. The first-order valence-corrected chi connectivity index (χ1v) is 3.62. The van der Waals surface area contributed by atoms with Gasteiger partial charge in [0.1, 0.15) is 0 Å². The molecule has 0 aromatic heterocycles. The molecule has 0 aliphatic carbocycles. The summed E-state index contributed by atoms with van der Waals surface area (Å²) >= 11 is 0. The van der Waals surface area contributed by atoms with Gasteiger partial charge in [-0.2, -0.15) is 5.48 Å². The van der Waals surface area contributed by atoms with Crippen LogP contribution < -0.4 is 5.48 Å². The minimum Gasteiger partial charge on any atom is -0.380 e. The Labute approximate surface area is 62.7 Å². The van der Waals surface area contributed by atoms with E-state index >= 15 is 0 Å². The molecule has 0 aromatic rings. The Morgan fingerprint density at radius 2 is 2.00 bits per heavy atom. The second-order valence-corrected chi connectivity index (χ2v) is 2.28. The molecule has 0 bridgehead atoms. The maximum Gasteiger partial charge on any atom is 0.0716 e. The quantitative estimate of drug-likeness (QED) is 0.587. The molecule has 0 aromatic carbocycles. The fourth-order valence-corrected chi connectivity index (χ4v) is 0.515. The molecule has 0 spiro atoms. The van der Waals surface area contributed by atoms with E-state index in [0.717, 1.165) is 0 Å². The molecule has 0 rings (SSSR count). The van der Waals surface area contributed by atoms with Crippen LogP contribution in [0.1, 0.15) is 20.8 Å². The van der Waals surface area contributed by atoms with E-state index in [1.165, 1.54) is 0 Å². The van der Waals surface area contributed by atoms with E-state index in [4.69, 9.17) is 9.57 Å². The van der Waals surface area contributed by atoms with Gasteiger partial charge < -0.3 is 9.57 Å². The number of rotatable bonds is 5. The Balaban J connectivity index is 3.31. The fourth-order valence-electron chi connectivity index (χ4n) is 0.515. The third-order valence-electron chi connectivity index (χ3n) is 1.49. The molecule has 2 atom stereocenters. The van der Waals surface area contributed by atoms with E-state index in [0.29, 0.717) is 6.61 Å². The molecular weight excluding hydrogens is 130 g/mol. The molecule has 3 nitrogen and oxygen atoms in total. The van der Waals surface area contributed by atoms with E-state index in [2.05, 4.69) is 5.48 Å². The maximum absolute atomic E-state index is 5.07. The van der Waals surface area contributed by atoms with Crippen LogP contribution in [0.3, 0.4) is 0 Å². The summed E-state index contributed by atoms with van der Waals surface area (Å²) in [6.45, 7) is 6.64. The molecule has 3 heteroatoms. The zero-order valence-corrected chi connectivity index (χ0v) is 7.18. The molecule has 0 fully saturated rings. The summed E-state index contributed by atoms with van der Waals surface area (Å²) in [5, 5.41) is 0. The molecule has 0 aliphatic rings. The van der Waals surface area contributed by atoms with Crippen LogP contribution in [0.25, 0.3) is 0 Å². The predicted octanol–water partition coefficient (Wildman–Crippen LogP) is 0.951. The van der Waals surface area contributed by atoms with Crippen LogP contribution in [0.2, 0.25) is 0 Å². The van der Waals surface area contributed by atoms with Gasteiger partial charge in [0, 0.05) is 7.11 Å². The highest BCUT2D eigenvalue weighted by Gasteiger charge is 2.09. The van der Waals surface area contributed by atoms with E-state index in [1.54, 1.807) is 7.11 Å². The summed E-state index contributed by atoms with van der Waals surface area (Å²) < 4.78 is 5.07. The molecule has 62 valence electrons. The number of hydroxylamine groups is 1. The first-order valence-electron chi connectivity index (χ1n) is 3.62. The SMILES string of the molecule is CCONC(C)C(C)OC. The summed E-state index contributed by atoms with van der Waals surface area (Å²) in [6.07, 6.45) is 0.187. The summed E-state index contributed by atoms with van der Waals surface area (Å²) in [6, 6.07) is 0.241. The Morgan fingerprint density at radius 1 is 1.40 bits per heavy atom. The van der Waals surface area contributed by atoms with Crippen LogP contribution in [0.15, 0.2) is 0 Å². The van der Waals surface area contributed by atoms with Crippen LogP contribution in [0.5, 0.6) is 0 Å². The Hall–Kier alpha value is -0.120. The lowest BCUT2D eigenvalue weighted by atomic mass is 10.2. The molecule has 10 heavy (non-hydrogen) atoms. The molecule has 0 aliphatic heterocycles. The topological polar surface area (TPSA) is 30.5 Å². The normalized spacial score (nSPS) is 16.8. The highest BCUT2D eigenvalue weighted by Crippen LogP contribution is 1.94. The summed E-state index contributed by atoms with van der Waals surface area (Å²) in [7, 11) is 1.69. The van der Waals surface area contributed by atoms with Crippen LogP contribution in [0, 0.1) is 0 Å². The highest BCUT2D eigenvalue weighted by molar-refractivity contribution is 4.62. The van der Waals surface area contributed by atoms with Crippen molar-refractivity contribution in [3.63, 3.8) is 0 Å². The van der Waals surface area contributed by atoms with Crippen LogP contribution in [-0.2, 0) is 9.57 Å². The van der Waals surface area contributed by atoms with Crippen molar-refractivity contribution in [2.75, 3.05) is 13.7 Å². The van der Waals surface area contributed by atoms with Crippen molar-refractivity contribution in [1.82, 2.24) is 5.48 Å². The zero-order valence-electron chi connectivity index (χ0n) is 7.18. The lowest BCUT2D eigenvalue weighted by Gasteiger charge is -2.18. The molecule has 2 unspecified atom stereocenters. The molecule has 0 amide bonds. The van der Waals surface area contributed by atoms with Gasteiger partial charge in [0.05, 0.1) is 18.8 Å². The number of ether oxygens (including phenoxy) is 1. The second-order valence-electron chi connectivity index (χ2n) is 2.28. The van der Waals surface area contributed by atoms with Crippen molar-refractivity contribution >= 4 is 0 Å². The van der Waals surface area contributed by atoms with Gasteiger partial charge in [0.25, 0.3) is 0 Å². The summed E-state index contributed by atoms with van der Waals surface area (Å²) in [5.41, 5.74) is 2.86. The Morgan fingerprint density at radius 3 is 2.40 bits per heavy atom. The maximum atomic E-state index is 5.07. The lowest BCUT2D eigenvalue weighted by molar-refractivity contribution is -0.0192. The van der Waals surface area contributed by atoms with E-state index in [-0.39, 0.29) is 12.1 Å². The number of methoxy groups -OCH3 is 1. The molecular formula is C7H17NO2. The zero-order chi connectivity index (χ0) is 7.98. The standard InChI is InChI=1S/C7H17NO2/c1-5-10-8-6(2)7(3)9-4/h6-8H,5H2,1-4H3. The van der Waals surface area contributed by atoms with Crippen molar-refractivity contribution in [1.29, 1.82) is 0 Å². The number of hydrogen-bond acceptors (Lipinski definition) is 3. The summed E-state index contributed by atoms with van der Waals surface area (Å²) in [5.74, 6) is 0. The van der Waals surface area contributed by atoms with Crippen molar-refractivity contribution in [3.8, 4) is 0 Å². The number of hydrogen-bond donors (Lipinski definition) is 1. The molecule has 0 heterocycles. The van der Waals surface area contributed by atoms with Crippen molar-refractivity contribution in [2.24, 2.45) is 0 Å². The van der Waals surface area contributed by atoms with Gasteiger partial charge in [-0.25, -0.2) is 0 Å². The largest absolute Gasteiger partial charge is 0.380 e. The minimum atomic E-state index is 0.187. The van der Waals surface area contributed by atoms with Gasteiger partial charge in [-0.15, -0.1) is 0 Å². The van der Waals surface area contributed by atoms with Gasteiger partial charge in [-0.05, 0) is 20.8 Å². The average molecular weight is 147 g/mol. The van der Waals surface area contributed by atoms with Crippen LogP contribution in [-0.4, -0.2) is 25.9 Å². The van der Waals surface area contributed by atoms with Gasteiger partial charge in [0.15, 0.2) is 0 Å². The van der Waals surface area contributed by atoms with Gasteiger partial charge >= 0.3 is 0 Å². The Bertz CT molecular complexity index is 78.0. The first kappa shape index (κ1) is 9.88. The fraction of sp³-hybridized carbons (Fsp3) is 1.00. The van der Waals surface area contributed by atoms with Gasteiger partial charge in [-0.3, -0.25) is 0 Å². The molecule has 0 saturated heterocycles. The third kappa shape index (κ3) is 3.82. The monoisotopic (exact) mass is 147 g/mol. The van der Waals surface area contributed by atoms with Gasteiger partial charge in [-0.1, -0.05) is 0 Å². The highest BCUT2D eigenvalue weighted by atomic mass is 16.6. The second kappa shape index (κ2) is 5.65. The van der Waals surface area contributed by atoms with E-state index in [1.807, 2.05) is 20.8 Å². The smallest absolute Gasteiger partial charge is 0.0716 e. The van der Waals surface area contributed by atoms with E-state index < -0.39 is 0 Å². The van der Waals surface area contributed by atoms with Crippen LogP contribution >= 0.6 is 0 Å². The molecule has 1 N–H and O–H groups in total. The van der Waals surface area contributed by atoms with Gasteiger partial charge in [0.2, 0.25) is 0 Å². The van der Waals surface area contributed by atoms with Crippen molar-refractivity contribution in [3.05, 3.63) is 0 Å². The third-order valence-corrected chi connectivity index (χ3v) is 1.49. The van der Waals surface area contributed by atoms with E-state index in [9.17, 15) is 0 Å². The van der Waals surface area contributed by atoms with Crippen LogP contribution in [0.4, 0.5) is 0 Å².